The summed E-state index contributed by atoms with van der Waals surface area (Å²) in [5.41, 5.74) is -1.29. The maximum Gasteiger partial charge on any atom is 0.330 e. The Bertz CT molecular complexity index is 819. The van der Waals surface area contributed by atoms with E-state index in [9.17, 15) is 19.5 Å². The lowest BCUT2D eigenvalue weighted by Crippen LogP contribution is -2.33. The van der Waals surface area contributed by atoms with Crippen LogP contribution in [0.3, 0.4) is 0 Å². The number of amides is 1. The van der Waals surface area contributed by atoms with Crippen LogP contribution in [0.4, 0.5) is 0 Å². The molecule has 2 rings (SSSR count). The minimum absolute atomic E-state index is 0.0420. The molecule has 1 saturated heterocycles. The molecular formula is C18H25N3O6. The number of H-pyrrole nitrogens is 1. The molecule has 9 nitrogen and oxygen atoms in total. The van der Waals surface area contributed by atoms with Crippen molar-refractivity contribution in [3.05, 3.63) is 32.6 Å². The highest BCUT2D eigenvalue weighted by Gasteiger charge is 2.35. The van der Waals surface area contributed by atoms with Gasteiger partial charge >= 0.3 is 5.69 Å². The summed E-state index contributed by atoms with van der Waals surface area (Å²) >= 11 is 0. The van der Waals surface area contributed by atoms with Gasteiger partial charge in [0.25, 0.3) is 5.56 Å². The first kappa shape index (κ1) is 20.9. The number of rotatable bonds is 7. The average molecular weight is 379 g/mol. The largest absolute Gasteiger partial charge is 0.394 e. The van der Waals surface area contributed by atoms with Crippen molar-refractivity contribution in [3.63, 3.8) is 0 Å². The first-order chi connectivity index (χ1) is 13.0. The highest BCUT2D eigenvalue weighted by Crippen LogP contribution is 2.27. The Labute approximate surface area is 156 Å². The molecule has 1 fully saturated rings. The van der Waals surface area contributed by atoms with Gasteiger partial charge in [0.1, 0.15) is 17.9 Å². The number of ether oxygens (including phenoxy) is 1. The molecule has 3 atom stereocenters. The quantitative estimate of drug-likeness (QED) is 0.363. The summed E-state index contributed by atoms with van der Waals surface area (Å²) in [5.74, 6) is 5.21. The van der Waals surface area contributed by atoms with Crippen LogP contribution < -0.4 is 16.6 Å². The number of hydrogen-bond donors (Lipinski definition) is 4. The summed E-state index contributed by atoms with van der Waals surface area (Å²) in [4.78, 5) is 37.7. The fourth-order valence-corrected chi connectivity index (χ4v) is 2.74. The van der Waals surface area contributed by atoms with Crippen molar-refractivity contribution in [3.8, 4) is 11.8 Å². The van der Waals surface area contributed by atoms with E-state index in [1.165, 1.54) is 6.20 Å². The second-order valence-corrected chi connectivity index (χ2v) is 6.36. The van der Waals surface area contributed by atoms with Gasteiger partial charge in [-0.25, -0.2) is 4.79 Å². The molecule has 0 bridgehead atoms. The molecule has 4 N–H and O–H groups in total. The first-order valence-electron chi connectivity index (χ1n) is 9.01. The zero-order valence-electron chi connectivity index (χ0n) is 15.2. The SMILES string of the molecule is CCCCCC(=O)NCC#Cc1cn([C@H]2C[C@H](O)[C@@H](CO)O2)c(=O)[nH]c1=O. The number of nitrogens with zero attached hydrogens (tertiary/aromatic N) is 1. The normalized spacial score (nSPS) is 21.5. The van der Waals surface area contributed by atoms with E-state index < -0.39 is 29.7 Å². The first-order valence-corrected chi connectivity index (χ1v) is 9.01. The van der Waals surface area contributed by atoms with Gasteiger partial charge in [0.2, 0.25) is 5.91 Å². The zero-order valence-corrected chi connectivity index (χ0v) is 15.2. The van der Waals surface area contributed by atoms with Gasteiger partial charge in [-0.05, 0) is 6.42 Å². The number of carbonyl (C=O) groups excluding carboxylic acids is 1. The van der Waals surface area contributed by atoms with Crippen LogP contribution in [0.2, 0.25) is 0 Å². The fourth-order valence-electron chi connectivity index (χ4n) is 2.74. The van der Waals surface area contributed by atoms with E-state index in [2.05, 4.69) is 29.1 Å². The summed E-state index contributed by atoms with van der Waals surface area (Å²) in [6.07, 6.45) is 2.16. The molecular weight excluding hydrogens is 354 g/mol. The van der Waals surface area contributed by atoms with Crippen LogP contribution in [0.5, 0.6) is 0 Å². The zero-order chi connectivity index (χ0) is 19.8. The van der Waals surface area contributed by atoms with Gasteiger partial charge in [-0.2, -0.15) is 0 Å². The van der Waals surface area contributed by atoms with Gasteiger partial charge in [0.05, 0.1) is 19.3 Å². The predicted molar refractivity (Wildman–Crippen MR) is 97.0 cm³/mol. The molecule has 1 aliphatic heterocycles. The molecule has 27 heavy (non-hydrogen) atoms. The number of nitrogens with one attached hydrogen (secondary N) is 2. The van der Waals surface area contributed by atoms with Crippen molar-refractivity contribution in [1.82, 2.24) is 14.9 Å². The molecule has 0 radical (unpaired) electrons. The molecule has 148 valence electrons. The van der Waals surface area contributed by atoms with E-state index >= 15 is 0 Å². The molecule has 1 aliphatic rings. The standard InChI is InChI=1S/C18H25N3O6/c1-2-3-4-7-15(24)19-8-5-6-12-10-21(18(26)20-17(12)25)16-9-13(23)14(11-22)27-16/h10,13-14,16,22-23H,2-4,7-9,11H2,1H3,(H,19,24)(H,20,25,26)/t13-,14+,16+/m0/s1. The van der Waals surface area contributed by atoms with Crippen molar-refractivity contribution in [1.29, 1.82) is 0 Å². The Hall–Kier alpha value is -2.41. The third-order valence-corrected chi connectivity index (χ3v) is 4.27. The Morgan fingerprint density at radius 3 is 2.89 bits per heavy atom. The summed E-state index contributed by atoms with van der Waals surface area (Å²) < 4.78 is 6.56. The predicted octanol–water partition coefficient (Wildman–Crippen LogP) is -0.775. The molecule has 0 unspecified atom stereocenters. The van der Waals surface area contributed by atoms with Gasteiger partial charge in [-0.15, -0.1) is 0 Å². The molecule has 1 amide bonds. The monoisotopic (exact) mass is 379 g/mol. The Morgan fingerprint density at radius 2 is 2.22 bits per heavy atom. The van der Waals surface area contributed by atoms with Crippen molar-refractivity contribution in [2.45, 2.75) is 57.5 Å². The van der Waals surface area contributed by atoms with Crippen LogP contribution in [0.25, 0.3) is 0 Å². The molecule has 0 spiro atoms. The van der Waals surface area contributed by atoms with E-state index in [1.807, 2.05) is 0 Å². The third-order valence-electron chi connectivity index (χ3n) is 4.27. The van der Waals surface area contributed by atoms with E-state index in [0.29, 0.717) is 6.42 Å². The highest BCUT2D eigenvalue weighted by atomic mass is 16.5. The highest BCUT2D eigenvalue weighted by molar-refractivity contribution is 5.76. The number of aliphatic hydroxyl groups is 2. The molecule has 0 aliphatic carbocycles. The number of aliphatic hydroxyl groups excluding tert-OH is 2. The molecule has 0 saturated carbocycles. The lowest BCUT2D eigenvalue weighted by molar-refractivity contribution is -0.120. The molecule has 1 aromatic heterocycles. The Morgan fingerprint density at radius 1 is 1.44 bits per heavy atom. The smallest absolute Gasteiger partial charge is 0.330 e. The summed E-state index contributed by atoms with van der Waals surface area (Å²) in [6, 6.07) is 0. The van der Waals surface area contributed by atoms with Crippen molar-refractivity contribution >= 4 is 5.91 Å². The Kier molecular flexibility index (Phi) is 7.79. The van der Waals surface area contributed by atoms with Crippen LogP contribution in [0.15, 0.2) is 15.8 Å². The van der Waals surface area contributed by atoms with Gasteiger partial charge in [0, 0.05) is 19.0 Å². The number of aromatic amines is 1. The number of hydrogen-bond acceptors (Lipinski definition) is 6. The van der Waals surface area contributed by atoms with Gasteiger partial charge in [-0.3, -0.25) is 19.1 Å². The van der Waals surface area contributed by atoms with Crippen LogP contribution in [-0.2, 0) is 9.53 Å². The maximum atomic E-state index is 12.0. The van der Waals surface area contributed by atoms with E-state index in [1.54, 1.807) is 0 Å². The summed E-state index contributed by atoms with van der Waals surface area (Å²) in [5, 5.41) is 21.6. The van der Waals surface area contributed by atoms with Gasteiger partial charge in [0.15, 0.2) is 0 Å². The second kappa shape index (κ2) is 10.1. The van der Waals surface area contributed by atoms with Gasteiger partial charge < -0.3 is 20.3 Å². The van der Waals surface area contributed by atoms with Crippen LogP contribution >= 0.6 is 0 Å². The van der Waals surface area contributed by atoms with E-state index in [0.717, 1.165) is 23.8 Å². The van der Waals surface area contributed by atoms with Gasteiger partial charge in [-0.1, -0.05) is 31.6 Å². The second-order valence-electron chi connectivity index (χ2n) is 6.36. The Balaban J connectivity index is 2.03. The fraction of sp³-hybridized carbons (Fsp3) is 0.611. The number of carbonyl (C=O) groups is 1. The van der Waals surface area contributed by atoms with E-state index in [4.69, 9.17) is 9.84 Å². The molecule has 0 aromatic carbocycles. The minimum atomic E-state index is -0.906. The molecule has 1 aromatic rings. The summed E-state index contributed by atoms with van der Waals surface area (Å²) in [6.45, 7) is 1.77. The molecule has 2 heterocycles. The van der Waals surface area contributed by atoms with Crippen molar-refractivity contribution in [2.24, 2.45) is 0 Å². The number of aromatic nitrogens is 2. The van der Waals surface area contributed by atoms with Crippen molar-refractivity contribution < 1.29 is 19.7 Å². The van der Waals surface area contributed by atoms with E-state index in [-0.39, 0.29) is 31.0 Å². The summed E-state index contributed by atoms with van der Waals surface area (Å²) in [7, 11) is 0. The van der Waals surface area contributed by atoms with Crippen LogP contribution in [-0.4, -0.2) is 51.0 Å². The lowest BCUT2D eigenvalue weighted by Gasteiger charge is -2.14. The van der Waals surface area contributed by atoms with Crippen LogP contribution in [0.1, 0.15) is 50.8 Å². The topological polar surface area (TPSA) is 134 Å². The minimum Gasteiger partial charge on any atom is -0.394 e. The lowest BCUT2D eigenvalue weighted by atomic mass is 10.2. The average Bonchev–Trinajstić information content (AvgIpc) is 3.01. The number of unbranched alkanes of at least 4 members (excludes halogenated alkanes) is 2. The van der Waals surface area contributed by atoms with Crippen LogP contribution in [0, 0.1) is 11.8 Å². The van der Waals surface area contributed by atoms with Crippen molar-refractivity contribution in [2.75, 3.05) is 13.2 Å². The maximum absolute atomic E-state index is 12.0. The third kappa shape index (κ3) is 5.79. The molecule has 9 heteroatoms.